The van der Waals surface area contributed by atoms with Gasteiger partial charge in [-0.05, 0) is 31.4 Å². The number of piperidine rings is 1. The van der Waals surface area contributed by atoms with Crippen LogP contribution < -0.4 is 5.73 Å². The first-order chi connectivity index (χ1) is 9.95. The number of likely N-dealkylation sites (tertiary alicyclic amines) is 1. The Hall–Kier alpha value is -1.40. The number of hydrogen-bond donors (Lipinski definition) is 1. The predicted octanol–water partition coefficient (Wildman–Crippen LogP) is 1.43. The van der Waals surface area contributed by atoms with Crippen LogP contribution in [0, 0.1) is 0 Å². The Kier molecular flexibility index (Phi) is 5.00. The Morgan fingerprint density at radius 1 is 1.38 bits per heavy atom. The number of amides is 1. The van der Waals surface area contributed by atoms with E-state index < -0.39 is 9.84 Å². The predicted molar refractivity (Wildman–Crippen MR) is 81.9 cm³/mol. The topological polar surface area (TPSA) is 80.5 Å². The lowest BCUT2D eigenvalue weighted by atomic mass is 10.1. The highest BCUT2D eigenvalue weighted by Gasteiger charge is 2.27. The van der Waals surface area contributed by atoms with Crippen LogP contribution in [0.2, 0.25) is 0 Å². The molecule has 0 aromatic heterocycles. The van der Waals surface area contributed by atoms with Gasteiger partial charge in [-0.25, -0.2) is 8.42 Å². The van der Waals surface area contributed by atoms with E-state index in [1.165, 1.54) is 6.07 Å². The van der Waals surface area contributed by atoms with Gasteiger partial charge in [0.05, 0.1) is 16.2 Å². The number of hydrogen-bond acceptors (Lipinski definition) is 4. The molecule has 1 aliphatic heterocycles. The molecule has 1 amide bonds. The van der Waals surface area contributed by atoms with Crippen molar-refractivity contribution in [2.75, 3.05) is 18.8 Å². The molecule has 0 saturated carbocycles. The van der Waals surface area contributed by atoms with E-state index in [0.29, 0.717) is 19.5 Å². The maximum Gasteiger partial charge on any atom is 0.255 e. The number of nitrogens with two attached hydrogens (primary N) is 1. The summed E-state index contributed by atoms with van der Waals surface area (Å²) < 4.78 is 24.6. The molecule has 0 aliphatic carbocycles. The van der Waals surface area contributed by atoms with Gasteiger partial charge in [0, 0.05) is 19.1 Å². The summed E-state index contributed by atoms with van der Waals surface area (Å²) in [5, 5.41) is 0. The minimum absolute atomic E-state index is 0.0258. The average Bonchev–Trinajstić information content (AvgIpc) is 2.46. The highest BCUT2D eigenvalue weighted by molar-refractivity contribution is 7.91. The number of benzene rings is 1. The molecule has 6 heteroatoms. The fourth-order valence-corrected chi connectivity index (χ4v) is 4.19. The van der Waals surface area contributed by atoms with Crippen LogP contribution >= 0.6 is 0 Å². The molecule has 21 heavy (non-hydrogen) atoms. The van der Waals surface area contributed by atoms with Gasteiger partial charge in [-0.3, -0.25) is 4.79 Å². The first-order valence-electron chi connectivity index (χ1n) is 7.32. The van der Waals surface area contributed by atoms with Crippen molar-refractivity contribution < 1.29 is 13.2 Å². The molecule has 5 nitrogen and oxygen atoms in total. The molecule has 1 fully saturated rings. The largest absolute Gasteiger partial charge is 0.337 e. The van der Waals surface area contributed by atoms with Crippen LogP contribution in [0.5, 0.6) is 0 Å². The van der Waals surface area contributed by atoms with Gasteiger partial charge in [0.25, 0.3) is 5.91 Å². The van der Waals surface area contributed by atoms with Gasteiger partial charge < -0.3 is 10.6 Å². The lowest BCUT2D eigenvalue weighted by Gasteiger charge is -2.31. The quantitative estimate of drug-likeness (QED) is 0.912. The maximum atomic E-state index is 12.6. The van der Waals surface area contributed by atoms with Crippen molar-refractivity contribution in [2.45, 2.75) is 37.1 Å². The zero-order chi connectivity index (χ0) is 15.5. The second kappa shape index (κ2) is 6.58. The van der Waals surface area contributed by atoms with Crippen LogP contribution in [-0.4, -0.2) is 44.1 Å². The van der Waals surface area contributed by atoms with Crippen LogP contribution in [0.4, 0.5) is 0 Å². The molecule has 0 spiro atoms. The van der Waals surface area contributed by atoms with Crippen molar-refractivity contribution >= 4 is 15.7 Å². The molecule has 1 heterocycles. The zero-order valence-electron chi connectivity index (χ0n) is 12.3. The van der Waals surface area contributed by atoms with E-state index in [2.05, 4.69) is 0 Å². The molecule has 2 rings (SSSR count). The third-order valence-electron chi connectivity index (χ3n) is 3.67. The minimum atomic E-state index is -3.42. The molecule has 1 atom stereocenters. The Morgan fingerprint density at radius 3 is 2.76 bits per heavy atom. The Bertz CT molecular complexity index is 613. The zero-order valence-corrected chi connectivity index (χ0v) is 13.1. The van der Waals surface area contributed by atoms with Crippen molar-refractivity contribution in [2.24, 2.45) is 5.73 Å². The van der Waals surface area contributed by atoms with Crippen LogP contribution in [0.3, 0.4) is 0 Å². The number of rotatable bonds is 4. The van der Waals surface area contributed by atoms with Gasteiger partial charge in [0.1, 0.15) is 0 Å². The molecule has 0 unspecified atom stereocenters. The first-order valence-corrected chi connectivity index (χ1v) is 8.97. The highest BCUT2D eigenvalue weighted by Crippen LogP contribution is 2.21. The third-order valence-corrected chi connectivity index (χ3v) is 5.64. The van der Waals surface area contributed by atoms with Gasteiger partial charge in [-0.1, -0.05) is 19.1 Å². The number of nitrogens with zero attached hydrogens (tertiary/aromatic N) is 1. The third kappa shape index (κ3) is 3.63. The summed E-state index contributed by atoms with van der Waals surface area (Å²) in [6, 6.07) is 6.43. The molecular weight excluding hydrogens is 288 g/mol. The SMILES string of the molecule is CCCS(=O)(=O)c1ccccc1C(=O)N1CCC[C@H](N)C1. The van der Waals surface area contributed by atoms with E-state index in [1.54, 1.807) is 23.1 Å². The molecule has 2 N–H and O–H groups in total. The molecule has 1 aliphatic rings. The highest BCUT2D eigenvalue weighted by atomic mass is 32.2. The summed E-state index contributed by atoms with van der Waals surface area (Å²) in [6.45, 7) is 2.93. The first kappa shape index (κ1) is 16.0. The van der Waals surface area contributed by atoms with Crippen LogP contribution in [0.15, 0.2) is 29.2 Å². The Labute approximate surface area is 126 Å². The van der Waals surface area contributed by atoms with E-state index in [-0.39, 0.29) is 28.2 Å². The normalized spacial score (nSPS) is 19.5. The average molecular weight is 310 g/mol. The lowest BCUT2D eigenvalue weighted by Crippen LogP contribution is -2.46. The van der Waals surface area contributed by atoms with Gasteiger partial charge in [-0.15, -0.1) is 0 Å². The molecule has 0 bridgehead atoms. The van der Waals surface area contributed by atoms with Crippen molar-refractivity contribution in [1.82, 2.24) is 4.90 Å². The summed E-state index contributed by atoms with van der Waals surface area (Å²) in [7, 11) is -3.42. The number of carbonyl (C=O) groups excluding carboxylic acids is 1. The molecule has 0 radical (unpaired) electrons. The smallest absolute Gasteiger partial charge is 0.255 e. The van der Waals surface area contributed by atoms with Crippen LogP contribution in [0.25, 0.3) is 0 Å². The van der Waals surface area contributed by atoms with Gasteiger partial charge in [-0.2, -0.15) is 0 Å². The Balaban J connectivity index is 2.34. The van der Waals surface area contributed by atoms with E-state index >= 15 is 0 Å². The van der Waals surface area contributed by atoms with Crippen LogP contribution in [-0.2, 0) is 9.84 Å². The van der Waals surface area contributed by atoms with Gasteiger partial charge in [0.2, 0.25) is 0 Å². The summed E-state index contributed by atoms with van der Waals surface area (Å²) in [4.78, 5) is 14.4. The lowest BCUT2D eigenvalue weighted by molar-refractivity contribution is 0.0705. The molecule has 1 saturated heterocycles. The van der Waals surface area contributed by atoms with E-state index in [0.717, 1.165) is 12.8 Å². The van der Waals surface area contributed by atoms with Crippen molar-refractivity contribution in [3.63, 3.8) is 0 Å². The molecule has 1 aromatic carbocycles. The standard InChI is InChI=1S/C15H22N2O3S/c1-2-10-21(19,20)14-8-4-3-7-13(14)15(18)17-9-5-6-12(16)11-17/h3-4,7-8,12H,2,5-6,9-11,16H2,1H3/t12-/m0/s1. The molecule has 116 valence electrons. The van der Waals surface area contributed by atoms with E-state index in [1.807, 2.05) is 6.92 Å². The van der Waals surface area contributed by atoms with E-state index in [4.69, 9.17) is 5.73 Å². The van der Waals surface area contributed by atoms with Gasteiger partial charge in [0.15, 0.2) is 9.84 Å². The summed E-state index contributed by atoms with van der Waals surface area (Å²) in [6.07, 6.45) is 2.29. The van der Waals surface area contributed by atoms with Crippen LogP contribution in [0.1, 0.15) is 36.5 Å². The van der Waals surface area contributed by atoms with Crippen molar-refractivity contribution in [3.05, 3.63) is 29.8 Å². The monoisotopic (exact) mass is 310 g/mol. The fraction of sp³-hybridized carbons (Fsp3) is 0.533. The molecular formula is C15H22N2O3S. The van der Waals surface area contributed by atoms with Gasteiger partial charge >= 0.3 is 0 Å². The second-order valence-electron chi connectivity index (χ2n) is 5.47. The second-order valence-corrected chi connectivity index (χ2v) is 7.55. The summed E-state index contributed by atoms with van der Waals surface area (Å²) >= 11 is 0. The summed E-state index contributed by atoms with van der Waals surface area (Å²) in [5.74, 6) is -0.183. The van der Waals surface area contributed by atoms with Crippen molar-refractivity contribution in [1.29, 1.82) is 0 Å². The summed E-state index contributed by atoms with van der Waals surface area (Å²) in [5.41, 5.74) is 6.16. The molecule has 1 aromatic rings. The fourth-order valence-electron chi connectivity index (χ4n) is 2.66. The van der Waals surface area contributed by atoms with Crippen molar-refractivity contribution in [3.8, 4) is 0 Å². The Morgan fingerprint density at radius 2 is 2.10 bits per heavy atom. The maximum absolute atomic E-state index is 12.6. The van der Waals surface area contributed by atoms with E-state index in [9.17, 15) is 13.2 Å². The number of carbonyl (C=O) groups is 1. The minimum Gasteiger partial charge on any atom is -0.337 e. The number of sulfone groups is 1.